The monoisotopic (exact) mass is 278 g/mol. The minimum absolute atomic E-state index is 0.0863. The molecular weight excluding hydrogens is 264 g/mol. The topological polar surface area (TPSA) is 52.6 Å². The lowest BCUT2D eigenvalue weighted by molar-refractivity contribution is 0.111. The number of hydrogen-bond donors (Lipinski definition) is 0. The van der Waals surface area contributed by atoms with Gasteiger partial charge in [0.2, 0.25) is 9.05 Å². The third-order valence-electron chi connectivity index (χ3n) is 2.05. The van der Waals surface area contributed by atoms with Crippen LogP contribution >= 0.6 is 10.7 Å². The quantitative estimate of drug-likeness (QED) is 0.565. The second-order valence-electron chi connectivity index (χ2n) is 3.47. The highest BCUT2D eigenvalue weighted by Crippen LogP contribution is 2.15. The maximum atomic E-state index is 10.6. The average Bonchev–Trinajstić information content (AvgIpc) is 2.24. The molecule has 1 aromatic carbocycles. The Kier molecular flexibility index (Phi) is 5.74. The average molecular weight is 279 g/mol. The van der Waals surface area contributed by atoms with Crippen LogP contribution in [0.25, 0.3) is 0 Å². The smallest absolute Gasteiger partial charge is 0.234 e. The van der Waals surface area contributed by atoms with E-state index in [4.69, 9.17) is 20.2 Å². The Morgan fingerprint density at radius 2 is 1.88 bits per heavy atom. The van der Waals surface area contributed by atoms with E-state index >= 15 is 0 Å². The molecule has 0 unspecified atom stereocenters. The Hall–Kier alpha value is -0.780. The molecule has 0 aromatic heterocycles. The van der Waals surface area contributed by atoms with Crippen LogP contribution in [0.15, 0.2) is 24.3 Å². The Labute approximate surface area is 106 Å². The zero-order valence-corrected chi connectivity index (χ0v) is 11.1. The van der Waals surface area contributed by atoms with E-state index in [2.05, 4.69) is 0 Å². The lowest BCUT2D eigenvalue weighted by Crippen LogP contribution is -2.12. The summed E-state index contributed by atoms with van der Waals surface area (Å²) in [5.41, 5.74) is 1.05. The fourth-order valence-electron chi connectivity index (χ4n) is 1.19. The van der Waals surface area contributed by atoms with Crippen LogP contribution in [-0.2, 0) is 13.8 Å². The van der Waals surface area contributed by atoms with E-state index in [-0.39, 0.29) is 12.4 Å². The predicted molar refractivity (Wildman–Crippen MR) is 67.1 cm³/mol. The van der Waals surface area contributed by atoms with E-state index in [9.17, 15) is 8.42 Å². The van der Waals surface area contributed by atoms with Gasteiger partial charge in [0, 0.05) is 10.7 Å². The summed E-state index contributed by atoms with van der Waals surface area (Å²) in [5, 5.41) is 0. The summed E-state index contributed by atoms with van der Waals surface area (Å²) in [6, 6.07) is 7.65. The number of aryl methyl sites for hydroxylation is 1. The highest BCUT2D eigenvalue weighted by atomic mass is 35.7. The molecule has 0 spiro atoms. The van der Waals surface area contributed by atoms with Crippen LogP contribution in [0.2, 0.25) is 0 Å². The first-order chi connectivity index (χ1) is 7.99. The molecule has 1 aromatic rings. The van der Waals surface area contributed by atoms with Gasteiger partial charge in [0.15, 0.2) is 0 Å². The van der Waals surface area contributed by atoms with Gasteiger partial charge in [-0.15, -0.1) is 0 Å². The van der Waals surface area contributed by atoms with E-state index in [0.29, 0.717) is 13.2 Å². The first kappa shape index (κ1) is 14.3. The van der Waals surface area contributed by atoms with Gasteiger partial charge in [-0.3, -0.25) is 0 Å². The summed E-state index contributed by atoms with van der Waals surface area (Å²) in [6.45, 7) is 2.76. The molecule has 0 saturated heterocycles. The van der Waals surface area contributed by atoms with Crippen LogP contribution in [0.4, 0.5) is 0 Å². The van der Waals surface area contributed by atoms with Crippen molar-refractivity contribution >= 4 is 19.7 Å². The van der Waals surface area contributed by atoms with Crippen molar-refractivity contribution in [1.29, 1.82) is 0 Å². The number of halogens is 1. The zero-order valence-electron chi connectivity index (χ0n) is 9.56. The first-order valence-electron chi connectivity index (χ1n) is 5.17. The lowest BCUT2D eigenvalue weighted by Gasteiger charge is -2.08. The molecule has 0 aliphatic rings. The summed E-state index contributed by atoms with van der Waals surface area (Å²) in [5.74, 6) is 0.625. The summed E-state index contributed by atoms with van der Waals surface area (Å²) in [7, 11) is 1.56. The molecule has 0 aliphatic carbocycles. The molecule has 0 heterocycles. The fraction of sp³-hybridized carbons (Fsp3) is 0.455. The van der Waals surface area contributed by atoms with Gasteiger partial charge in [-0.05, 0) is 18.6 Å². The van der Waals surface area contributed by atoms with Gasteiger partial charge in [0.1, 0.15) is 12.4 Å². The summed E-state index contributed by atoms with van der Waals surface area (Å²) in [4.78, 5) is 0. The molecule has 0 saturated carbocycles. The van der Waals surface area contributed by atoms with Crippen molar-refractivity contribution in [1.82, 2.24) is 0 Å². The minimum atomic E-state index is -3.46. The normalized spacial score (nSPS) is 11.4. The standard InChI is InChI=1S/C11H15ClO4S/c1-10-4-2-3-5-11(10)16-7-6-15-8-9-17(12,13)14/h2-5H,6-9H2,1H3. The first-order valence-corrected chi connectivity index (χ1v) is 7.65. The van der Waals surface area contributed by atoms with Gasteiger partial charge in [0.05, 0.1) is 19.0 Å². The van der Waals surface area contributed by atoms with Crippen LogP contribution in [-0.4, -0.2) is 34.0 Å². The van der Waals surface area contributed by atoms with Crippen molar-refractivity contribution in [2.24, 2.45) is 0 Å². The van der Waals surface area contributed by atoms with Crippen molar-refractivity contribution in [3.63, 3.8) is 0 Å². The third-order valence-corrected chi connectivity index (χ3v) is 3.17. The number of hydrogen-bond acceptors (Lipinski definition) is 4. The minimum Gasteiger partial charge on any atom is -0.491 e. The molecule has 6 heteroatoms. The van der Waals surface area contributed by atoms with Crippen LogP contribution in [0.1, 0.15) is 5.56 Å². The molecule has 0 amide bonds. The van der Waals surface area contributed by atoms with Gasteiger partial charge in [-0.25, -0.2) is 8.42 Å². The van der Waals surface area contributed by atoms with E-state index in [0.717, 1.165) is 11.3 Å². The summed E-state index contributed by atoms with van der Waals surface area (Å²) < 4.78 is 31.7. The molecule has 0 atom stereocenters. The number of para-hydroxylation sites is 1. The maximum absolute atomic E-state index is 10.6. The Morgan fingerprint density at radius 1 is 1.18 bits per heavy atom. The Morgan fingerprint density at radius 3 is 2.53 bits per heavy atom. The molecule has 0 fully saturated rings. The highest BCUT2D eigenvalue weighted by molar-refractivity contribution is 8.13. The zero-order chi connectivity index (χ0) is 12.7. The molecule has 0 bridgehead atoms. The van der Waals surface area contributed by atoms with Gasteiger partial charge < -0.3 is 9.47 Å². The van der Waals surface area contributed by atoms with Crippen LogP contribution < -0.4 is 4.74 Å². The van der Waals surface area contributed by atoms with Crippen LogP contribution in [0.3, 0.4) is 0 Å². The highest BCUT2D eigenvalue weighted by Gasteiger charge is 2.04. The molecule has 1 rings (SSSR count). The van der Waals surface area contributed by atoms with Gasteiger partial charge in [-0.1, -0.05) is 18.2 Å². The lowest BCUT2D eigenvalue weighted by atomic mass is 10.2. The van der Waals surface area contributed by atoms with E-state index in [1.165, 1.54) is 0 Å². The van der Waals surface area contributed by atoms with Crippen LogP contribution in [0.5, 0.6) is 5.75 Å². The Balaban J connectivity index is 2.15. The van der Waals surface area contributed by atoms with Crippen molar-refractivity contribution in [2.75, 3.05) is 25.6 Å². The van der Waals surface area contributed by atoms with Crippen molar-refractivity contribution < 1.29 is 17.9 Å². The molecule has 96 valence electrons. The number of rotatable bonds is 7. The van der Waals surface area contributed by atoms with Crippen molar-refractivity contribution in [2.45, 2.75) is 6.92 Å². The predicted octanol–water partition coefficient (Wildman–Crippen LogP) is 1.96. The molecular formula is C11H15ClO4S. The van der Waals surface area contributed by atoms with Gasteiger partial charge >= 0.3 is 0 Å². The largest absolute Gasteiger partial charge is 0.491 e. The van der Waals surface area contributed by atoms with Crippen molar-refractivity contribution in [3.8, 4) is 5.75 Å². The second kappa shape index (κ2) is 6.83. The van der Waals surface area contributed by atoms with Gasteiger partial charge in [-0.2, -0.15) is 0 Å². The Bertz CT molecular complexity index is 445. The number of benzene rings is 1. The van der Waals surface area contributed by atoms with Gasteiger partial charge in [0.25, 0.3) is 0 Å². The third kappa shape index (κ3) is 6.51. The van der Waals surface area contributed by atoms with E-state index in [1.54, 1.807) is 0 Å². The molecule has 0 aliphatic heterocycles. The second-order valence-corrected chi connectivity index (χ2v) is 6.37. The molecule has 17 heavy (non-hydrogen) atoms. The molecule has 0 N–H and O–H groups in total. The van der Waals surface area contributed by atoms with E-state index < -0.39 is 9.05 Å². The van der Waals surface area contributed by atoms with E-state index in [1.807, 2.05) is 31.2 Å². The van der Waals surface area contributed by atoms with Crippen molar-refractivity contribution in [3.05, 3.63) is 29.8 Å². The fourth-order valence-corrected chi connectivity index (χ4v) is 1.70. The number of ether oxygens (including phenoxy) is 2. The molecule has 4 nitrogen and oxygen atoms in total. The maximum Gasteiger partial charge on any atom is 0.234 e. The van der Waals surface area contributed by atoms with Crippen LogP contribution in [0, 0.1) is 6.92 Å². The summed E-state index contributed by atoms with van der Waals surface area (Å²) in [6.07, 6.45) is 0. The SMILES string of the molecule is Cc1ccccc1OCCOCCS(=O)(=O)Cl. The summed E-state index contributed by atoms with van der Waals surface area (Å²) >= 11 is 0. The molecule has 0 radical (unpaired) electrons.